The molecule has 0 aliphatic carbocycles. The summed E-state index contributed by atoms with van der Waals surface area (Å²) in [5.41, 5.74) is 0. The van der Waals surface area contributed by atoms with Crippen LogP contribution in [0.5, 0.6) is 0 Å². The maximum atomic E-state index is 2.27. The van der Waals surface area contributed by atoms with Gasteiger partial charge >= 0.3 is 0 Å². The molecule has 0 spiro atoms. The SMILES string of the molecule is CSc1ccc2sc(SC)cc2c1. The average Bonchev–Trinajstić information content (AvgIpc) is 2.58. The summed E-state index contributed by atoms with van der Waals surface area (Å²) in [6.07, 6.45) is 4.24. The molecule has 68 valence electrons. The Morgan fingerprint density at radius 1 is 1.08 bits per heavy atom. The summed E-state index contributed by atoms with van der Waals surface area (Å²) in [5, 5.41) is 1.38. The standard InChI is InChI=1S/C10H10S3/c1-11-8-3-4-9-7(5-8)6-10(12-2)13-9/h3-6H,1-2H3. The Bertz CT molecular complexity index is 415. The van der Waals surface area contributed by atoms with E-state index in [1.165, 1.54) is 19.2 Å². The minimum atomic E-state index is 1.35. The highest BCUT2D eigenvalue weighted by Gasteiger charge is 2.00. The van der Waals surface area contributed by atoms with Crippen molar-refractivity contribution in [2.75, 3.05) is 12.5 Å². The van der Waals surface area contributed by atoms with Gasteiger partial charge in [-0.05, 0) is 42.2 Å². The van der Waals surface area contributed by atoms with Crippen LogP contribution in [-0.2, 0) is 0 Å². The van der Waals surface area contributed by atoms with Gasteiger partial charge in [-0.25, -0.2) is 0 Å². The van der Waals surface area contributed by atoms with Crippen LogP contribution >= 0.6 is 34.9 Å². The van der Waals surface area contributed by atoms with E-state index in [1.807, 2.05) is 23.1 Å². The van der Waals surface area contributed by atoms with Gasteiger partial charge in [-0.1, -0.05) is 0 Å². The first-order chi connectivity index (χ1) is 6.33. The van der Waals surface area contributed by atoms with Crippen LogP contribution in [0, 0.1) is 0 Å². The molecule has 0 aliphatic heterocycles. The van der Waals surface area contributed by atoms with Crippen LogP contribution in [0.15, 0.2) is 33.4 Å². The van der Waals surface area contributed by atoms with Crippen molar-refractivity contribution in [3.05, 3.63) is 24.3 Å². The molecule has 0 saturated carbocycles. The molecule has 0 nitrogen and oxygen atoms in total. The van der Waals surface area contributed by atoms with E-state index >= 15 is 0 Å². The van der Waals surface area contributed by atoms with E-state index in [9.17, 15) is 0 Å². The Hall–Kier alpha value is -0.120. The molecular weight excluding hydrogens is 216 g/mol. The second-order valence-electron chi connectivity index (χ2n) is 2.67. The predicted molar refractivity (Wildman–Crippen MR) is 65.4 cm³/mol. The third-order valence-electron chi connectivity index (χ3n) is 1.90. The van der Waals surface area contributed by atoms with Crippen LogP contribution in [0.3, 0.4) is 0 Å². The zero-order chi connectivity index (χ0) is 9.26. The van der Waals surface area contributed by atoms with Crippen LogP contribution in [0.25, 0.3) is 10.1 Å². The first-order valence-corrected chi connectivity index (χ1v) is 7.21. The van der Waals surface area contributed by atoms with E-state index in [-0.39, 0.29) is 0 Å². The van der Waals surface area contributed by atoms with Crippen molar-refractivity contribution in [1.82, 2.24) is 0 Å². The third-order valence-corrected chi connectivity index (χ3v) is 4.81. The Labute approximate surface area is 90.7 Å². The van der Waals surface area contributed by atoms with Gasteiger partial charge in [0.2, 0.25) is 0 Å². The molecular formula is C10H10S3. The molecule has 2 aromatic rings. The summed E-state index contributed by atoms with van der Waals surface area (Å²) in [7, 11) is 0. The lowest BCUT2D eigenvalue weighted by atomic mass is 10.3. The van der Waals surface area contributed by atoms with Gasteiger partial charge in [0.1, 0.15) is 0 Å². The average molecular weight is 226 g/mol. The van der Waals surface area contributed by atoms with Gasteiger partial charge in [0, 0.05) is 9.60 Å². The van der Waals surface area contributed by atoms with Gasteiger partial charge in [0.15, 0.2) is 0 Å². The van der Waals surface area contributed by atoms with Crippen molar-refractivity contribution < 1.29 is 0 Å². The minimum absolute atomic E-state index is 1.35. The van der Waals surface area contributed by atoms with Gasteiger partial charge in [-0.3, -0.25) is 0 Å². The van der Waals surface area contributed by atoms with Gasteiger partial charge in [-0.15, -0.1) is 34.9 Å². The zero-order valence-corrected chi connectivity index (χ0v) is 9.98. The fraction of sp³-hybridized carbons (Fsp3) is 0.200. The molecule has 0 bridgehead atoms. The molecule has 0 unspecified atom stereocenters. The van der Waals surface area contributed by atoms with E-state index in [4.69, 9.17) is 0 Å². The number of hydrogen-bond acceptors (Lipinski definition) is 3. The van der Waals surface area contributed by atoms with E-state index in [0.29, 0.717) is 0 Å². The number of fused-ring (bicyclic) bond motifs is 1. The van der Waals surface area contributed by atoms with Crippen LogP contribution < -0.4 is 0 Å². The lowest BCUT2D eigenvalue weighted by Crippen LogP contribution is -1.66. The van der Waals surface area contributed by atoms with E-state index in [0.717, 1.165) is 0 Å². The molecule has 0 saturated heterocycles. The summed E-state index contributed by atoms with van der Waals surface area (Å²) < 4.78 is 2.79. The quantitative estimate of drug-likeness (QED) is 0.698. The van der Waals surface area contributed by atoms with Crippen molar-refractivity contribution in [2.45, 2.75) is 9.10 Å². The van der Waals surface area contributed by atoms with Crippen LogP contribution in [0.1, 0.15) is 0 Å². The highest BCUT2D eigenvalue weighted by atomic mass is 32.2. The first-order valence-electron chi connectivity index (χ1n) is 3.95. The maximum Gasteiger partial charge on any atom is 0.0608 e. The summed E-state index contributed by atoms with van der Waals surface area (Å²) in [4.78, 5) is 1.35. The number of hydrogen-bond donors (Lipinski definition) is 0. The molecule has 0 aliphatic rings. The maximum absolute atomic E-state index is 2.27. The lowest BCUT2D eigenvalue weighted by Gasteiger charge is -1.94. The smallest absolute Gasteiger partial charge is 0.0608 e. The Kier molecular flexibility index (Phi) is 2.86. The molecule has 0 amide bonds. The molecule has 0 N–H and O–H groups in total. The molecule has 13 heavy (non-hydrogen) atoms. The molecule has 3 heteroatoms. The molecule has 2 rings (SSSR count). The van der Waals surface area contributed by atoms with Crippen LogP contribution in [0.2, 0.25) is 0 Å². The topological polar surface area (TPSA) is 0 Å². The lowest BCUT2D eigenvalue weighted by molar-refractivity contribution is 1.52. The fourth-order valence-electron chi connectivity index (χ4n) is 1.22. The van der Waals surface area contributed by atoms with E-state index < -0.39 is 0 Å². The summed E-state index contributed by atoms with van der Waals surface area (Å²) >= 11 is 5.49. The Balaban J connectivity index is 2.57. The van der Waals surface area contributed by atoms with Gasteiger partial charge in [-0.2, -0.15) is 0 Å². The van der Waals surface area contributed by atoms with Crippen molar-refractivity contribution in [2.24, 2.45) is 0 Å². The molecule has 0 fully saturated rings. The first kappa shape index (κ1) is 9.44. The van der Waals surface area contributed by atoms with Crippen molar-refractivity contribution in [1.29, 1.82) is 0 Å². The molecule has 1 aromatic heterocycles. The van der Waals surface area contributed by atoms with E-state index in [1.54, 1.807) is 11.8 Å². The molecule has 1 heterocycles. The van der Waals surface area contributed by atoms with Crippen molar-refractivity contribution in [3.63, 3.8) is 0 Å². The summed E-state index contributed by atoms with van der Waals surface area (Å²) in [5.74, 6) is 0. The molecule has 0 atom stereocenters. The fourth-order valence-corrected chi connectivity index (χ4v) is 3.30. The van der Waals surface area contributed by atoms with Gasteiger partial charge in [0.05, 0.1) is 4.21 Å². The second kappa shape index (κ2) is 3.95. The number of thioether (sulfide) groups is 2. The normalized spacial score (nSPS) is 10.9. The number of rotatable bonds is 2. The monoisotopic (exact) mass is 226 g/mol. The van der Waals surface area contributed by atoms with Crippen LogP contribution in [0.4, 0.5) is 0 Å². The Morgan fingerprint density at radius 2 is 1.92 bits per heavy atom. The largest absolute Gasteiger partial charge is 0.130 e. The number of benzene rings is 1. The highest BCUT2D eigenvalue weighted by Crippen LogP contribution is 2.33. The van der Waals surface area contributed by atoms with E-state index in [2.05, 4.69) is 36.8 Å². The molecule has 1 aromatic carbocycles. The van der Waals surface area contributed by atoms with Crippen molar-refractivity contribution >= 4 is 44.9 Å². The second-order valence-corrected chi connectivity index (χ2v) is 5.74. The van der Waals surface area contributed by atoms with Crippen LogP contribution in [-0.4, -0.2) is 12.5 Å². The third kappa shape index (κ3) is 1.87. The molecule has 0 radical (unpaired) electrons. The minimum Gasteiger partial charge on any atom is -0.130 e. The van der Waals surface area contributed by atoms with Gasteiger partial charge in [0.25, 0.3) is 0 Å². The van der Waals surface area contributed by atoms with Crippen molar-refractivity contribution in [3.8, 4) is 0 Å². The Morgan fingerprint density at radius 3 is 2.62 bits per heavy atom. The predicted octanol–water partition coefficient (Wildman–Crippen LogP) is 4.35. The van der Waals surface area contributed by atoms with Gasteiger partial charge < -0.3 is 0 Å². The summed E-state index contributed by atoms with van der Waals surface area (Å²) in [6, 6.07) is 8.93. The zero-order valence-electron chi connectivity index (χ0n) is 7.53. The number of thiophene rings is 1. The highest BCUT2D eigenvalue weighted by molar-refractivity contribution is 8.00. The summed E-state index contributed by atoms with van der Waals surface area (Å²) in [6.45, 7) is 0.